The topological polar surface area (TPSA) is 78.5 Å². The number of carbonyl (C=O) groups excluding carboxylic acids is 3. The lowest BCUT2D eigenvalue weighted by Gasteiger charge is -2.25. The molecule has 0 saturated heterocycles. The molecule has 3 aromatic rings. The average molecular weight is 399 g/mol. The quantitative estimate of drug-likeness (QED) is 0.699. The van der Waals surface area contributed by atoms with Gasteiger partial charge in [0.1, 0.15) is 6.04 Å². The standard InChI is InChI=1S/C24H21N3O3/c1-16(28)25-19-11-13-20(14-12-19)26-23(29)22-15-18-9-5-6-10-21(18)27(22)24(30)17-7-3-2-4-8-17/h2-14,22H,15H2,1H3,(H,25,28)(H,26,29). The highest BCUT2D eigenvalue weighted by molar-refractivity contribution is 6.13. The van der Waals surface area contributed by atoms with Gasteiger partial charge in [0.05, 0.1) is 0 Å². The summed E-state index contributed by atoms with van der Waals surface area (Å²) in [6, 6.07) is 22.8. The Morgan fingerprint density at radius 1 is 0.800 bits per heavy atom. The van der Waals surface area contributed by atoms with Crippen LogP contribution in [0.5, 0.6) is 0 Å². The number of anilines is 3. The molecule has 1 aliphatic heterocycles. The maximum absolute atomic E-state index is 13.2. The van der Waals surface area contributed by atoms with E-state index in [1.54, 1.807) is 53.4 Å². The lowest BCUT2D eigenvalue weighted by atomic mass is 10.1. The average Bonchev–Trinajstić information content (AvgIpc) is 3.14. The molecule has 0 bridgehead atoms. The van der Waals surface area contributed by atoms with Gasteiger partial charge in [-0.25, -0.2) is 0 Å². The molecule has 3 amide bonds. The zero-order valence-electron chi connectivity index (χ0n) is 16.5. The number of benzene rings is 3. The number of hydrogen-bond donors (Lipinski definition) is 2. The van der Waals surface area contributed by atoms with E-state index in [-0.39, 0.29) is 17.7 Å². The van der Waals surface area contributed by atoms with Crippen LogP contribution >= 0.6 is 0 Å². The molecule has 1 unspecified atom stereocenters. The zero-order chi connectivity index (χ0) is 21.1. The van der Waals surface area contributed by atoms with Gasteiger partial charge in [-0.3, -0.25) is 19.3 Å². The SMILES string of the molecule is CC(=O)Nc1ccc(NC(=O)C2Cc3ccccc3N2C(=O)c2ccccc2)cc1. The van der Waals surface area contributed by atoms with Crippen molar-refractivity contribution in [2.45, 2.75) is 19.4 Å². The minimum atomic E-state index is -0.648. The molecule has 2 N–H and O–H groups in total. The van der Waals surface area contributed by atoms with Gasteiger partial charge in [0.15, 0.2) is 0 Å². The normalized spacial score (nSPS) is 14.7. The molecular weight excluding hydrogens is 378 g/mol. The third-order valence-electron chi connectivity index (χ3n) is 4.99. The second kappa shape index (κ2) is 8.21. The minimum absolute atomic E-state index is 0.162. The fraction of sp³-hybridized carbons (Fsp3) is 0.125. The Labute approximate surface area is 174 Å². The van der Waals surface area contributed by atoms with Gasteiger partial charge in [0.25, 0.3) is 5.91 Å². The van der Waals surface area contributed by atoms with Crippen molar-refractivity contribution >= 4 is 34.8 Å². The van der Waals surface area contributed by atoms with E-state index in [1.807, 2.05) is 30.3 Å². The summed E-state index contributed by atoms with van der Waals surface area (Å²) in [6.45, 7) is 1.44. The molecule has 0 aromatic heterocycles. The van der Waals surface area contributed by atoms with Crippen LogP contribution in [-0.2, 0) is 16.0 Å². The first-order valence-corrected chi connectivity index (χ1v) is 9.68. The largest absolute Gasteiger partial charge is 0.326 e. The van der Waals surface area contributed by atoms with Gasteiger partial charge in [-0.2, -0.15) is 0 Å². The van der Waals surface area contributed by atoms with Gasteiger partial charge in [-0.15, -0.1) is 0 Å². The van der Waals surface area contributed by atoms with Crippen LogP contribution in [0.25, 0.3) is 0 Å². The van der Waals surface area contributed by atoms with E-state index in [0.29, 0.717) is 23.4 Å². The second-order valence-corrected chi connectivity index (χ2v) is 7.14. The number of fused-ring (bicyclic) bond motifs is 1. The Kier molecular flexibility index (Phi) is 5.30. The number of rotatable bonds is 4. The van der Waals surface area contributed by atoms with Crippen LogP contribution < -0.4 is 15.5 Å². The second-order valence-electron chi connectivity index (χ2n) is 7.14. The molecule has 1 aliphatic rings. The number of carbonyl (C=O) groups is 3. The molecule has 6 nitrogen and oxygen atoms in total. The van der Waals surface area contributed by atoms with E-state index in [4.69, 9.17) is 0 Å². The molecule has 4 rings (SSSR count). The summed E-state index contributed by atoms with van der Waals surface area (Å²) in [6.07, 6.45) is 0.449. The fourth-order valence-electron chi connectivity index (χ4n) is 3.63. The molecule has 0 fully saturated rings. The molecule has 30 heavy (non-hydrogen) atoms. The number of amides is 3. The predicted octanol–water partition coefficient (Wildman–Crippen LogP) is 3.86. The summed E-state index contributed by atoms with van der Waals surface area (Å²) < 4.78 is 0. The van der Waals surface area contributed by atoms with E-state index in [1.165, 1.54) is 6.92 Å². The maximum atomic E-state index is 13.2. The van der Waals surface area contributed by atoms with Gasteiger partial charge in [0, 0.05) is 36.0 Å². The summed E-state index contributed by atoms with van der Waals surface area (Å²) in [4.78, 5) is 39.1. The molecule has 0 aliphatic carbocycles. The Morgan fingerprint density at radius 3 is 2.07 bits per heavy atom. The van der Waals surface area contributed by atoms with E-state index >= 15 is 0 Å². The van der Waals surface area contributed by atoms with Crippen molar-refractivity contribution in [3.05, 3.63) is 90.0 Å². The monoisotopic (exact) mass is 399 g/mol. The summed E-state index contributed by atoms with van der Waals surface area (Å²) in [5.74, 6) is -0.630. The van der Waals surface area contributed by atoms with Gasteiger partial charge in [0.2, 0.25) is 11.8 Å². The third-order valence-corrected chi connectivity index (χ3v) is 4.99. The van der Waals surface area contributed by atoms with Crippen molar-refractivity contribution in [3.63, 3.8) is 0 Å². The molecule has 0 radical (unpaired) electrons. The number of para-hydroxylation sites is 1. The highest BCUT2D eigenvalue weighted by atomic mass is 16.2. The maximum Gasteiger partial charge on any atom is 0.259 e. The van der Waals surface area contributed by atoms with Crippen molar-refractivity contribution in [2.24, 2.45) is 0 Å². The Morgan fingerprint density at radius 2 is 1.40 bits per heavy atom. The summed E-state index contributed by atoms with van der Waals surface area (Å²) >= 11 is 0. The van der Waals surface area contributed by atoms with Gasteiger partial charge < -0.3 is 10.6 Å². The molecule has 0 spiro atoms. The summed E-state index contributed by atoms with van der Waals surface area (Å²) in [7, 11) is 0. The zero-order valence-corrected chi connectivity index (χ0v) is 16.5. The van der Waals surface area contributed by atoms with Crippen LogP contribution in [-0.4, -0.2) is 23.8 Å². The first-order valence-electron chi connectivity index (χ1n) is 9.68. The van der Waals surface area contributed by atoms with Gasteiger partial charge in [-0.05, 0) is 48.0 Å². The third kappa shape index (κ3) is 3.93. The molecule has 3 aromatic carbocycles. The van der Waals surface area contributed by atoms with Crippen molar-refractivity contribution in [1.82, 2.24) is 0 Å². The van der Waals surface area contributed by atoms with Crippen molar-refractivity contribution < 1.29 is 14.4 Å². The highest BCUT2D eigenvalue weighted by Gasteiger charge is 2.38. The lowest BCUT2D eigenvalue weighted by molar-refractivity contribution is -0.117. The van der Waals surface area contributed by atoms with Gasteiger partial charge >= 0.3 is 0 Å². The van der Waals surface area contributed by atoms with Crippen molar-refractivity contribution in [3.8, 4) is 0 Å². The Balaban J connectivity index is 1.58. The Bertz CT molecular complexity index is 1090. The molecule has 1 heterocycles. The van der Waals surface area contributed by atoms with E-state index < -0.39 is 6.04 Å². The van der Waals surface area contributed by atoms with E-state index in [2.05, 4.69) is 10.6 Å². The van der Waals surface area contributed by atoms with Crippen molar-refractivity contribution in [2.75, 3.05) is 15.5 Å². The number of nitrogens with zero attached hydrogens (tertiary/aromatic N) is 1. The molecule has 6 heteroatoms. The van der Waals surface area contributed by atoms with Crippen molar-refractivity contribution in [1.29, 1.82) is 0 Å². The van der Waals surface area contributed by atoms with Crippen LogP contribution in [0.2, 0.25) is 0 Å². The minimum Gasteiger partial charge on any atom is -0.326 e. The van der Waals surface area contributed by atoms with Crippen LogP contribution in [0.15, 0.2) is 78.9 Å². The lowest BCUT2D eigenvalue weighted by Crippen LogP contribution is -2.45. The van der Waals surface area contributed by atoms with Gasteiger partial charge in [-0.1, -0.05) is 36.4 Å². The number of hydrogen-bond acceptors (Lipinski definition) is 3. The fourth-order valence-corrected chi connectivity index (χ4v) is 3.63. The smallest absolute Gasteiger partial charge is 0.259 e. The molecule has 150 valence electrons. The van der Waals surface area contributed by atoms with Crippen LogP contribution in [0, 0.1) is 0 Å². The van der Waals surface area contributed by atoms with E-state index in [9.17, 15) is 14.4 Å². The van der Waals surface area contributed by atoms with Crippen LogP contribution in [0.4, 0.5) is 17.1 Å². The molecule has 1 atom stereocenters. The summed E-state index contributed by atoms with van der Waals surface area (Å²) in [5.41, 5.74) is 3.49. The first-order chi connectivity index (χ1) is 14.5. The van der Waals surface area contributed by atoms with Crippen LogP contribution in [0.3, 0.4) is 0 Å². The number of nitrogens with one attached hydrogen (secondary N) is 2. The van der Waals surface area contributed by atoms with Crippen LogP contribution in [0.1, 0.15) is 22.8 Å². The molecule has 0 saturated carbocycles. The Hall–Kier alpha value is -3.93. The van der Waals surface area contributed by atoms with E-state index in [0.717, 1.165) is 11.3 Å². The summed E-state index contributed by atoms with van der Waals surface area (Å²) in [5, 5.41) is 5.58. The predicted molar refractivity (Wildman–Crippen MR) is 117 cm³/mol. The molecular formula is C24H21N3O3. The first kappa shape index (κ1) is 19.4. The highest BCUT2D eigenvalue weighted by Crippen LogP contribution is 2.34.